The van der Waals surface area contributed by atoms with E-state index in [0.717, 1.165) is 12.8 Å². The van der Waals surface area contributed by atoms with Gasteiger partial charge in [0.25, 0.3) is 0 Å². The van der Waals surface area contributed by atoms with Crippen LogP contribution in [0.25, 0.3) is 0 Å². The zero-order valence-corrected chi connectivity index (χ0v) is 9.90. The molecule has 1 saturated carbocycles. The molecular formula is C10H19FO2S. The van der Waals surface area contributed by atoms with Crippen LogP contribution < -0.4 is 0 Å². The van der Waals surface area contributed by atoms with Crippen molar-refractivity contribution in [1.82, 2.24) is 0 Å². The van der Waals surface area contributed by atoms with Crippen LogP contribution >= 0.6 is 0 Å². The van der Waals surface area contributed by atoms with Crippen molar-refractivity contribution < 1.29 is 12.3 Å². The standard InChI is InChI=1S/C10H19FO2S/c1-10(2,3)8-4-6-9(7-5-8)14(11,12)13/h8-9H,4-7H2,1-3H3. The predicted molar refractivity (Wildman–Crippen MR) is 55.2 cm³/mol. The number of hydrogen-bond donors (Lipinski definition) is 0. The van der Waals surface area contributed by atoms with Gasteiger partial charge in [-0.15, -0.1) is 3.89 Å². The summed E-state index contributed by atoms with van der Waals surface area (Å²) in [7, 11) is -4.29. The fraction of sp³-hybridized carbons (Fsp3) is 1.00. The van der Waals surface area contributed by atoms with Crippen LogP contribution in [0.1, 0.15) is 46.5 Å². The maximum absolute atomic E-state index is 12.7. The highest BCUT2D eigenvalue weighted by Crippen LogP contribution is 2.39. The van der Waals surface area contributed by atoms with Gasteiger partial charge >= 0.3 is 10.2 Å². The quantitative estimate of drug-likeness (QED) is 0.639. The lowest BCUT2D eigenvalue weighted by molar-refractivity contribution is 0.180. The van der Waals surface area contributed by atoms with Crippen LogP contribution in [0.5, 0.6) is 0 Å². The van der Waals surface area contributed by atoms with E-state index in [-0.39, 0.29) is 5.41 Å². The van der Waals surface area contributed by atoms with E-state index in [1.54, 1.807) is 0 Å². The third-order valence-electron chi connectivity index (χ3n) is 3.30. The second kappa shape index (κ2) is 3.80. The van der Waals surface area contributed by atoms with Crippen LogP contribution in [-0.4, -0.2) is 13.7 Å². The predicted octanol–water partition coefficient (Wildman–Crippen LogP) is 2.89. The van der Waals surface area contributed by atoms with Gasteiger partial charge < -0.3 is 0 Å². The van der Waals surface area contributed by atoms with Crippen molar-refractivity contribution in [2.75, 3.05) is 0 Å². The van der Waals surface area contributed by atoms with Crippen LogP contribution in [0.4, 0.5) is 3.89 Å². The minimum absolute atomic E-state index is 0.213. The van der Waals surface area contributed by atoms with Gasteiger partial charge in [0.2, 0.25) is 0 Å². The minimum atomic E-state index is -4.29. The molecule has 1 aliphatic rings. The normalized spacial score (nSPS) is 30.3. The van der Waals surface area contributed by atoms with Gasteiger partial charge in [-0.05, 0) is 37.0 Å². The van der Waals surface area contributed by atoms with E-state index in [1.165, 1.54) is 0 Å². The van der Waals surface area contributed by atoms with Crippen LogP contribution in [0.2, 0.25) is 0 Å². The summed E-state index contributed by atoms with van der Waals surface area (Å²) in [5.41, 5.74) is 0.213. The largest absolute Gasteiger partial charge is 0.305 e. The minimum Gasteiger partial charge on any atom is -0.195 e. The van der Waals surface area contributed by atoms with Crippen molar-refractivity contribution in [2.24, 2.45) is 11.3 Å². The van der Waals surface area contributed by atoms with Crippen molar-refractivity contribution in [3.63, 3.8) is 0 Å². The second-order valence-corrected chi connectivity index (χ2v) is 6.93. The van der Waals surface area contributed by atoms with E-state index < -0.39 is 15.5 Å². The summed E-state index contributed by atoms with van der Waals surface area (Å²) in [6.45, 7) is 6.46. The van der Waals surface area contributed by atoms with Gasteiger partial charge in [0.1, 0.15) is 0 Å². The summed E-state index contributed by atoms with van der Waals surface area (Å²) in [6, 6.07) is 0. The SMILES string of the molecule is CC(C)(C)C1CCC(S(=O)(=O)F)CC1. The lowest BCUT2D eigenvalue weighted by Gasteiger charge is -2.35. The maximum Gasteiger partial charge on any atom is 0.305 e. The Bertz CT molecular complexity index is 282. The first-order chi connectivity index (χ1) is 6.21. The third-order valence-corrected chi connectivity index (χ3v) is 4.56. The Labute approximate surface area is 86.1 Å². The molecule has 2 nitrogen and oxygen atoms in total. The summed E-state index contributed by atoms with van der Waals surface area (Å²) >= 11 is 0. The smallest absolute Gasteiger partial charge is 0.195 e. The van der Waals surface area contributed by atoms with Crippen molar-refractivity contribution >= 4 is 10.2 Å². The molecule has 84 valence electrons. The zero-order chi connectivity index (χ0) is 11.0. The average molecular weight is 222 g/mol. The van der Waals surface area contributed by atoms with Crippen molar-refractivity contribution in [3.05, 3.63) is 0 Å². The van der Waals surface area contributed by atoms with Crippen LogP contribution in [0, 0.1) is 11.3 Å². The van der Waals surface area contributed by atoms with E-state index in [9.17, 15) is 12.3 Å². The lowest BCUT2D eigenvalue weighted by Crippen LogP contribution is -2.30. The molecule has 0 amide bonds. The molecule has 0 N–H and O–H groups in total. The van der Waals surface area contributed by atoms with Crippen LogP contribution in [0.15, 0.2) is 0 Å². The molecule has 0 bridgehead atoms. The Balaban J connectivity index is 2.56. The summed E-state index contributed by atoms with van der Waals surface area (Å²) in [5.74, 6) is 0.528. The van der Waals surface area contributed by atoms with E-state index in [1.807, 2.05) is 0 Å². The molecule has 0 aromatic heterocycles. The monoisotopic (exact) mass is 222 g/mol. The molecule has 0 aromatic rings. The third kappa shape index (κ3) is 2.94. The van der Waals surface area contributed by atoms with Crippen LogP contribution in [0.3, 0.4) is 0 Å². The van der Waals surface area contributed by atoms with E-state index >= 15 is 0 Å². The van der Waals surface area contributed by atoms with Gasteiger partial charge in [-0.1, -0.05) is 20.8 Å². The molecule has 0 unspecified atom stereocenters. The van der Waals surface area contributed by atoms with E-state index in [4.69, 9.17) is 0 Å². The van der Waals surface area contributed by atoms with Crippen molar-refractivity contribution in [3.8, 4) is 0 Å². The van der Waals surface area contributed by atoms with Gasteiger partial charge in [-0.3, -0.25) is 0 Å². The molecule has 0 atom stereocenters. The summed E-state index contributed by atoms with van der Waals surface area (Å²) in [5, 5.41) is -0.735. The molecular weight excluding hydrogens is 203 g/mol. The highest BCUT2D eigenvalue weighted by atomic mass is 32.3. The fourth-order valence-corrected chi connectivity index (χ4v) is 3.05. The van der Waals surface area contributed by atoms with Crippen LogP contribution in [-0.2, 0) is 10.2 Å². The molecule has 4 heteroatoms. The molecule has 0 heterocycles. The average Bonchev–Trinajstić information content (AvgIpc) is 2.01. The van der Waals surface area contributed by atoms with Gasteiger partial charge in [-0.2, -0.15) is 8.42 Å². The topological polar surface area (TPSA) is 34.1 Å². The molecule has 0 saturated heterocycles. The number of halogens is 1. The Hall–Kier alpha value is -0.120. The molecule has 1 aliphatic carbocycles. The first kappa shape index (κ1) is 12.0. The Morgan fingerprint density at radius 2 is 1.50 bits per heavy atom. The summed E-state index contributed by atoms with van der Waals surface area (Å²) in [4.78, 5) is 0. The molecule has 0 aliphatic heterocycles. The lowest BCUT2D eigenvalue weighted by atomic mass is 9.72. The first-order valence-electron chi connectivity index (χ1n) is 5.15. The van der Waals surface area contributed by atoms with Gasteiger partial charge in [0.15, 0.2) is 0 Å². The number of hydrogen-bond acceptors (Lipinski definition) is 2. The molecule has 0 aromatic carbocycles. The highest BCUT2D eigenvalue weighted by molar-refractivity contribution is 7.87. The van der Waals surface area contributed by atoms with Crippen molar-refractivity contribution in [1.29, 1.82) is 0 Å². The first-order valence-corrected chi connectivity index (χ1v) is 6.59. The second-order valence-electron chi connectivity index (χ2n) is 5.32. The van der Waals surface area contributed by atoms with Gasteiger partial charge in [0, 0.05) is 0 Å². The molecule has 0 radical (unpaired) electrons. The zero-order valence-electron chi connectivity index (χ0n) is 9.09. The molecule has 14 heavy (non-hydrogen) atoms. The number of rotatable bonds is 1. The molecule has 1 fully saturated rings. The summed E-state index contributed by atoms with van der Waals surface area (Å²) < 4.78 is 34.0. The van der Waals surface area contributed by atoms with Crippen molar-refractivity contribution in [2.45, 2.75) is 51.7 Å². The van der Waals surface area contributed by atoms with E-state index in [0.29, 0.717) is 18.8 Å². The highest BCUT2D eigenvalue weighted by Gasteiger charge is 2.34. The summed E-state index contributed by atoms with van der Waals surface area (Å²) in [6.07, 6.45) is 2.64. The Kier molecular flexibility index (Phi) is 3.24. The van der Waals surface area contributed by atoms with Gasteiger partial charge in [0.05, 0.1) is 5.25 Å². The maximum atomic E-state index is 12.7. The Morgan fingerprint density at radius 3 is 1.79 bits per heavy atom. The van der Waals surface area contributed by atoms with E-state index in [2.05, 4.69) is 20.8 Å². The molecule has 1 rings (SSSR count). The Morgan fingerprint density at radius 1 is 1.07 bits per heavy atom. The molecule has 0 spiro atoms. The van der Waals surface area contributed by atoms with Gasteiger partial charge in [-0.25, -0.2) is 0 Å². The fourth-order valence-electron chi connectivity index (χ4n) is 2.21.